The van der Waals surface area contributed by atoms with Crippen molar-refractivity contribution in [2.24, 2.45) is 5.73 Å². The summed E-state index contributed by atoms with van der Waals surface area (Å²) in [5.74, 6) is -0.497. The molecule has 0 radical (unpaired) electrons. The van der Waals surface area contributed by atoms with Crippen LogP contribution in [0.1, 0.15) is 30.7 Å². The minimum Gasteiger partial charge on any atom is -0.369 e. The quantitative estimate of drug-likeness (QED) is 0.855. The number of aromatic nitrogens is 2. The van der Waals surface area contributed by atoms with Gasteiger partial charge >= 0.3 is 0 Å². The van der Waals surface area contributed by atoms with Crippen molar-refractivity contribution >= 4 is 17.5 Å². The smallest absolute Gasteiger partial charge is 0.241 e. The van der Waals surface area contributed by atoms with E-state index in [2.05, 4.69) is 10.4 Å². The van der Waals surface area contributed by atoms with Crippen molar-refractivity contribution in [2.75, 3.05) is 18.4 Å². The number of rotatable bonds is 5. The summed E-state index contributed by atoms with van der Waals surface area (Å²) in [6.07, 6.45) is 2.70. The molecule has 138 valence electrons. The topological polar surface area (TPSA) is 93.3 Å². The lowest BCUT2D eigenvalue weighted by Crippen LogP contribution is -2.50. The number of nitrogens with zero attached hydrogens (tertiary/aromatic N) is 3. The zero-order valence-electron chi connectivity index (χ0n) is 15.2. The molecule has 26 heavy (non-hydrogen) atoms. The number of carbonyl (C=O) groups excluding carboxylic acids is 2. The maximum atomic E-state index is 12.6. The van der Waals surface area contributed by atoms with Crippen LogP contribution in [0.2, 0.25) is 0 Å². The van der Waals surface area contributed by atoms with Gasteiger partial charge in [-0.15, -0.1) is 0 Å². The minimum absolute atomic E-state index is 0.0928. The first kappa shape index (κ1) is 18.1. The number of amides is 2. The largest absolute Gasteiger partial charge is 0.369 e. The summed E-state index contributed by atoms with van der Waals surface area (Å²) < 4.78 is 1.87. The van der Waals surface area contributed by atoms with Crippen LogP contribution in [0.15, 0.2) is 30.3 Å². The van der Waals surface area contributed by atoms with E-state index in [9.17, 15) is 9.59 Å². The third kappa shape index (κ3) is 4.11. The van der Waals surface area contributed by atoms with Gasteiger partial charge in [0, 0.05) is 11.4 Å². The summed E-state index contributed by atoms with van der Waals surface area (Å²) >= 11 is 0. The highest BCUT2D eigenvalue weighted by molar-refractivity contribution is 5.95. The van der Waals surface area contributed by atoms with Crippen molar-refractivity contribution < 1.29 is 9.59 Å². The van der Waals surface area contributed by atoms with Gasteiger partial charge in [-0.3, -0.25) is 14.5 Å². The molecule has 1 saturated heterocycles. The Morgan fingerprint density at radius 3 is 2.58 bits per heavy atom. The Bertz CT molecular complexity index is 797. The second-order valence-corrected chi connectivity index (χ2v) is 6.82. The van der Waals surface area contributed by atoms with E-state index in [1.807, 2.05) is 53.8 Å². The van der Waals surface area contributed by atoms with Gasteiger partial charge in [0.15, 0.2) is 0 Å². The van der Waals surface area contributed by atoms with Crippen LogP contribution in [0.25, 0.3) is 5.69 Å². The zero-order chi connectivity index (χ0) is 18.7. The van der Waals surface area contributed by atoms with E-state index in [0.29, 0.717) is 0 Å². The predicted octanol–water partition coefficient (Wildman–Crippen LogP) is 1.77. The van der Waals surface area contributed by atoms with Crippen molar-refractivity contribution in [3.8, 4) is 5.69 Å². The molecular formula is C19H25N5O2. The molecular weight excluding hydrogens is 330 g/mol. The molecule has 2 aromatic rings. The lowest BCUT2D eigenvalue weighted by atomic mass is 10.0. The average molecular weight is 355 g/mol. The van der Waals surface area contributed by atoms with Crippen molar-refractivity contribution in [3.63, 3.8) is 0 Å². The molecule has 1 atom stereocenters. The summed E-state index contributed by atoms with van der Waals surface area (Å²) in [4.78, 5) is 25.8. The van der Waals surface area contributed by atoms with E-state index in [4.69, 9.17) is 5.73 Å². The monoisotopic (exact) mass is 355 g/mol. The van der Waals surface area contributed by atoms with Gasteiger partial charge in [-0.1, -0.05) is 6.42 Å². The Morgan fingerprint density at radius 2 is 1.96 bits per heavy atom. The normalized spacial score (nSPS) is 17.8. The maximum absolute atomic E-state index is 12.6. The van der Waals surface area contributed by atoms with Crippen molar-refractivity contribution in [1.82, 2.24) is 14.7 Å². The molecule has 0 saturated carbocycles. The van der Waals surface area contributed by atoms with Gasteiger partial charge in [0.2, 0.25) is 11.8 Å². The lowest BCUT2D eigenvalue weighted by molar-refractivity contribution is -0.125. The van der Waals surface area contributed by atoms with Crippen LogP contribution in [0.3, 0.4) is 0 Å². The van der Waals surface area contributed by atoms with E-state index in [1.54, 1.807) is 0 Å². The molecule has 0 bridgehead atoms. The van der Waals surface area contributed by atoms with E-state index >= 15 is 0 Å². The van der Waals surface area contributed by atoms with Crippen molar-refractivity contribution in [3.05, 3.63) is 41.7 Å². The zero-order valence-corrected chi connectivity index (χ0v) is 15.2. The van der Waals surface area contributed by atoms with Crippen LogP contribution in [-0.2, 0) is 9.59 Å². The van der Waals surface area contributed by atoms with Crippen LogP contribution in [-0.4, -0.2) is 45.6 Å². The number of piperidine rings is 1. The number of hydrogen-bond donors (Lipinski definition) is 2. The summed E-state index contributed by atoms with van der Waals surface area (Å²) in [7, 11) is 0. The molecule has 2 heterocycles. The number of benzene rings is 1. The fourth-order valence-electron chi connectivity index (χ4n) is 3.48. The van der Waals surface area contributed by atoms with E-state index in [-0.39, 0.29) is 18.5 Å². The molecule has 1 aliphatic heterocycles. The Kier molecular flexibility index (Phi) is 5.37. The maximum Gasteiger partial charge on any atom is 0.241 e. The Hall–Kier alpha value is -2.67. The van der Waals surface area contributed by atoms with Gasteiger partial charge in [-0.2, -0.15) is 5.10 Å². The highest BCUT2D eigenvalue weighted by Gasteiger charge is 2.29. The summed E-state index contributed by atoms with van der Waals surface area (Å²) in [5, 5.41) is 7.41. The van der Waals surface area contributed by atoms with Gasteiger partial charge in [-0.05, 0) is 63.6 Å². The van der Waals surface area contributed by atoms with Gasteiger partial charge in [0.1, 0.15) is 0 Å². The highest BCUT2D eigenvalue weighted by atomic mass is 16.2. The summed E-state index contributed by atoms with van der Waals surface area (Å²) in [6.45, 7) is 4.80. The van der Waals surface area contributed by atoms with E-state index < -0.39 is 5.91 Å². The SMILES string of the molecule is Cc1cc(C)n(-c2ccc(NC(=O)[C@H]3CCCCN3CC(N)=O)cc2)n1. The number of anilines is 1. The van der Waals surface area contributed by atoms with Crippen LogP contribution in [0.5, 0.6) is 0 Å². The molecule has 0 aliphatic carbocycles. The standard InChI is InChI=1S/C19H25N5O2/c1-13-11-14(2)24(22-13)16-8-6-15(7-9-16)21-19(26)17-5-3-4-10-23(17)12-18(20)25/h6-9,11,17H,3-5,10,12H2,1-2H3,(H2,20,25)(H,21,26)/t17-/m1/s1. The van der Waals surface area contributed by atoms with E-state index in [0.717, 1.165) is 48.6 Å². The number of nitrogens with one attached hydrogen (secondary N) is 1. The van der Waals surface area contributed by atoms with Gasteiger partial charge in [0.25, 0.3) is 0 Å². The second-order valence-electron chi connectivity index (χ2n) is 6.82. The Balaban J connectivity index is 1.69. The second kappa shape index (κ2) is 7.70. The fraction of sp³-hybridized carbons (Fsp3) is 0.421. The third-order valence-electron chi connectivity index (χ3n) is 4.66. The summed E-state index contributed by atoms with van der Waals surface area (Å²) in [5.41, 5.74) is 9.00. The summed E-state index contributed by atoms with van der Waals surface area (Å²) in [6, 6.07) is 9.29. The Morgan fingerprint density at radius 1 is 1.23 bits per heavy atom. The minimum atomic E-state index is -0.404. The number of carbonyl (C=O) groups is 2. The number of hydrogen-bond acceptors (Lipinski definition) is 4. The van der Waals surface area contributed by atoms with Gasteiger partial charge in [0.05, 0.1) is 24.0 Å². The molecule has 1 aromatic heterocycles. The molecule has 1 aliphatic rings. The third-order valence-corrected chi connectivity index (χ3v) is 4.66. The van der Waals surface area contributed by atoms with Crippen LogP contribution in [0, 0.1) is 13.8 Å². The van der Waals surface area contributed by atoms with Gasteiger partial charge < -0.3 is 11.1 Å². The molecule has 3 N–H and O–H groups in total. The van der Waals surface area contributed by atoms with Gasteiger partial charge in [-0.25, -0.2) is 4.68 Å². The first-order valence-electron chi connectivity index (χ1n) is 8.91. The lowest BCUT2D eigenvalue weighted by Gasteiger charge is -2.33. The molecule has 0 spiro atoms. The van der Waals surface area contributed by atoms with E-state index in [1.165, 1.54) is 0 Å². The number of nitrogens with two attached hydrogens (primary N) is 1. The Labute approximate surface area is 153 Å². The molecule has 7 heteroatoms. The molecule has 3 rings (SSSR count). The van der Waals surface area contributed by atoms with Crippen molar-refractivity contribution in [1.29, 1.82) is 0 Å². The van der Waals surface area contributed by atoms with Crippen LogP contribution >= 0.6 is 0 Å². The molecule has 1 aromatic carbocycles. The molecule has 7 nitrogen and oxygen atoms in total. The highest BCUT2D eigenvalue weighted by Crippen LogP contribution is 2.20. The average Bonchev–Trinajstić information content (AvgIpc) is 2.94. The molecule has 0 unspecified atom stereocenters. The fourth-order valence-corrected chi connectivity index (χ4v) is 3.48. The first-order valence-corrected chi connectivity index (χ1v) is 8.91. The van der Waals surface area contributed by atoms with Crippen LogP contribution < -0.4 is 11.1 Å². The first-order chi connectivity index (χ1) is 12.4. The predicted molar refractivity (Wildman–Crippen MR) is 100 cm³/mol. The number of likely N-dealkylation sites (tertiary alicyclic amines) is 1. The number of aryl methyl sites for hydroxylation is 2. The number of primary amides is 1. The van der Waals surface area contributed by atoms with Crippen molar-refractivity contribution in [2.45, 2.75) is 39.2 Å². The molecule has 1 fully saturated rings. The van der Waals surface area contributed by atoms with Crippen LogP contribution in [0.4, 0.5) is 5.69 Å². The molecule has 2 amide bonds.